The molecular weight excluding hydrogens is 344 g/mol. The summed E-state index contributed by atoms with van der Waals surface area (Å²) in [5, 5.41) is 9.07. The van der Waals surface area contributed by atoms with Crippen molar-refractivity contribution >= 4 is 12.1 Å². The molecule has 6 heteroatoms. The number of aromatic carboxylic acids is 1. The average molecular weight is 369 g/mol. The van der Waals surface area contributed by atoms with Gasteiger partial charge in [0.2, 0.25) is 0 Å². The number of carboxylic acid groups (broad SMARTS) is 1. The summed E-state index contributed by atoms with van der Waals surface area (Å²) in [6.45, 7) is 2.82. The van der Waals surface area contributed by atoms with E-state index < -0.39 is 5.97 Å². The van der Waals surface area contributed by atoms with Gasteiger partial charge in [0.1, 0.15) is 5.56 Å². The van der Waals surface area contributed by atoms with Crippen LogP contribution >= 0.6 is 0 Å². The van der Waals surface area contributed by atoms with Crippen LogP contribution in [-0.4, -0.2) is 34.7 Å². The molecule has 3 rings (SSSR count). The highest BCUT2D eigenvalue weighted by molar-refractivity contribution is 5.86. The zero-order chi connectivity index (χ0) is 19.2. The molecule has 1 saturated heterocycles. The lowest BCUT2D eigenvalue weighted by Gasteiger charge is -2.38. The van der Waals surface area contributed by atoms with Crippen LogP contribution in [0.5, 0.6) is 0 Å². The molecule has 27 heavy (non-hydrogen) atoms. The van der Waals surface area contributed by atoms with Crippen molar-refractivity contribution in [1.29, 1.82) is 0 Å². The van der Waals surface area contributed by atoms with E-state index >= 15 is 0 Å². The topological polar surface area (TPSA) is 70.7 Å². The first-order valence-corrected chi connectivity index (χ1v) is 9.27. The highest BCUT2D eigenvalue weighted by Crippen LogP contribution is 2.30. The first-order valence-electron chi connectivity index (χ1n) is 9.27. The zero-order valence-electron chi connectivity index (χ0n) is 15.5. The van der Waals surface area contributed by atoms with E-state index in [0.717, 1.165) is 19.3 Å². The van der Waals surface area contributed by atoms with Gasteiger partial charge in [-0.1, -0.05) is 37.3 Å². The maximum atomic E-state index is 12.7. The molecule has 2 heterocycles. The molecule has 1 aliphatic heterocycles. The second-order valence-corrected chi connectivity index (χ2v) is 6.91. The van der Waals surface area contributed by atoms with Crippen LogP contribution in [0.3, 0.4) is 0 Å². The molecular formula is C21H25N2O4+. The van der Waals surface area contributed by atoms with Crippen LogP contribution < -0.4 is 4.57 Å². The van der Waals surface area contributed by atoms with Crippen LogP contribution in [-0.2, 0) is 11.5 Å². The predicted molar refractivity (Wildman–Crippen MR) is 99.3 cm³/mol. The molecule has 1 aliphatic rings. The van der Waals surface area contributed by atoms with E-state index in [0.29, 0.717) is 6.54 Å². The van der Waals surface area contributed by atoms with Gasteiger partial charge in [0.05, 0.1) is 0 Å². The molecule has 1 amide bonds. The van der Waals surface area contributed by atoms with Crippen LogP contribution in [0.15, 0.2) is 54.9 Å². The number of carbonyl (C=O) groups is 2. The van der Waals surface area contributed by atoms with Crippen molar-refractivity contribution in [2.75, 3.05) is 6.54 Å². The molecule has 2 atom stereocenters. The van der Waals surface area contributed by atoms with Gasteiger partial charge in [-0.15, -0.1) is 0 Å². The summed E-state index contributed by atoms with van der Waals surface area (Å²) in [4.78, 5) is 25.6. The maximum Gasteiger partial charge on any atom is 0.414 e. The standard InChI is InChI=1S/C21H24N2O4/c1-16(17-8-3-2-4-9-17)19-11-5-6-13-23(19)21(26)27-15-22-12-7-10-18(14-22)20(24)25/h2-4,7-10,12,14,16,19H,5-6,11,13,15H2,1H3/p+1/t16-,19?/m1/s1. The monoisotopic (exact) mass is 369 g/mol. The van der Waals surface area contributed by atoms with Gasteiger partial charge in [-0.05, 0) is 30.9 Å². The number of aromatic nitrogens is 1. The number of ether oxygens (including phenoxy) is 1. The minimum absolute atomic E-state index is 0.0110. The fourth-order valence-corrected chi connectivity index (χ4v) is 3.62. The number of nitrogens with zero attached hydrogens (tertiary/aromatic N) is 2. The van der Waals surface area contributed by atoms with E-state index in [1.165, 1.54) is 17.8 Å². The number of carboxylic acids is 1. The lowest BCUT2D eigenvalue weighted by atomic mass is 9.87. The van der Waals surface area contributed by atoms with Gasteiger partial charge in [0, 0.05) is 24.6 Å². The molecule has 1 aromatic carbocycles. The minimum atomic E-state index is -1.01. The Kier molecular flexibility index (Phi) is 6.06. The van der Waals surface area contributed by atoms with E-state index in [1.807, 2.05) is 23.1 Å². The number of rotatable bonds is 5. The molecule has 6 nitrogen and oxygen atoms in total. The average Bonchev–Trinajstić information content (AvgIpc) is 2.72. The summed E-state index contributed by atoms with van der Waals surface area (Å²) in [7, 11) is 0. The Morgan fingerprint density at radius 3 is 2.74 bits per heavy atom. The van der Waals surface area contributed by atoms with Crippen molar-refractivity contribution in [3.8, 4) is 0 Å². The third-order valence-corrected chi connectivity index (χ3v) is 5.13. The number of likely N-dealkylation sites (tertiary alicyclic amines) is 1. The fourth-order valence-electron chi connectivity index (χ4n) is 3.62. The molecule has 0 spiro atoms. The second-order valence-electron chi connectivity index (χ2n) is 6.91. The second kappa shape index (κ2) is 8.66. The first-order chi connectivity index (χ1) is 13.1. The molecule has 0 saturated carbocycles. The van der Waals surface area contributed by atoms with Crippen LogP contribution in [0.2, 0.25) is 0 Å². The van der Waals surface area contributed by atoms with Crippen molar-refractivity contribution in [1.82, 2.24) is 4.90 Å². The van der Waals surface area contributed by atoms with Gasteiger partial charge in [-0.25, -0.2) is 9.59 Å². The van der Waals surface area contributed by atoms with Crippen molar-refractivity contribution in [2.45, 2.75) is 44.9 Å². The SMILES string of the molecule is C[C@H](c1ccccc1)C1CCCCN1C(=O)OC[n+]1cccc(C(=O)O)c1. The molecule has 1 unspecified atom stereocenters. The Balaban J connectivity index is 1.66. The maximum absolute atomic E-state index is 12.7. The smallest absolute Gasteiger partial charge is 0.414 e. The molecule has 1 N–H and O–H groups in total. The highest BCUT2D eigenvalue weighted by Gasteiger charge is 2.32. The van der Waals surface area contributed by atoms with Crippen LogP contribution in [0, 0.1) is 0 Å². The first kappa shape index (κ1) is 18.9. The number of pyridine rings is 1. The van der Waals surface area contributed by atoms with E-state index in [1.54, 1.807) is 16.8 Å². The van der Waals surface area contributed by atoms with Crippen molar-refractivity contribution in [3.63, 3.8) is 0 Å². The van der Waals surface area contributed by atoms with Crippen molar-refractivity contribution < 1.29 is 24.0 Å². The molecule has 142 valence electrons. The van der Waals surface area contributed by atoms with E-state index in [-0.39, 0.29) is 30.3 Å². The van der Waals surface area contributed by atoms with Gasteiger partial charge in [-0.2, -0.15) is 4.57 Å². The number of carbonyl (C=O) groups excluding carboxylic acids is 1. The van der Waals surface area contributed by atoms with Gasteiger partial charge < -0.3 is 14.7 Å². The minimum Gasteiger partial charge on any atom is -0.477 e. The Labute approximate surface area is 159 Å². The predicted octanol–water partition coefficient (Wildman–Crippen LogP) is 3.42. The summed E-state index contributed by atoms with van der Waals surface area (Å²) >= 11 is 0. The number of benzene rings is 1. The summed E-state index contributed by atoms with van der Waals surface area (Å²) in [6, 6.07) is 13.4. The number of amides is 1. The quantitative estimate of drug-likeness (QED) is 0.820. The van der Waals surface area contributed by atoms with Crippen molar-refractivity contribution in [3.05, 3.63) is 66.0 Å². The van der Waals surface area contributed by atoms with Crippen LogP contribution in [0.25, 0.3) is 0 Å². The third kappa shape index (κ3) is 4.64. The van der Waals surface area contributed by atoms with Gasteiger partial charge >= 0.3 is 12.1 Å². The molecule has 1 aromatic heterocycles. The Morgan fingerprint density at radius 2 is 2.00 bits per heavy atom. The van der Waals surface area contributed by atoms with E-state index in [9.17, 15) is 9.59 Å². The zero-order valence-corrected chi connectivity index (χ0v) is 15.5. The van der Waals surface area contributed by atoms with Gasteiger partial charge in [-0.3, -0.25) is 0 Å². The van der Waals surface area contributed by atoms with E-state index in [2.05, 4.69) is 19.1 Å². The van der Waals surface area contributed by atoms with Crippen LogP contribution in [0.1, 0.15) is 48.0 Å². The molecule has 0 aliphatic carbocycles. The number of piperidine rings is 1. The largest absolute Gasteiger partial charge is 0.477 e. The lowest BCUT2D eigenvalue weighted by Crippen LogP contribution is -2.48. The van der Waals surface area contributed by atoms with Gasteiger partial charge in [0.25, 0.3) is 6.73 Å². The fraction of sp³-hybridized carbons (Fsp3) is 0.381. The lowest BCUT2D eigenvalue weighted by molar-refractivity contribution is -0.727. The summed E-state index contributed by atoms with van der Waals surface area (Å²) in [5.41, 5.74) is 1.37. The molecule has 2 aromatic rings. The van der Waals surface area contributed by atoms with Crippen molar-refractivity contribution in [2.24, 2.45) is 0 Å². The van der Waals surface area contributed by atoms with Gasteiger partial charge in [0.15, 0.2) is 12.4 Å². The third-order valence-electron chi connectivity index (χ3n) is 5.13. The highest BCUT2D eigenvalue weighted by atomic mass is 16.6. The summed E-state index contributed by atoms with van der Waals surface area (Å²) in [6.07, 6.45) is 5.80. The Bertz CT molecular complexity index is 794. The Morgan fingerprint density at radius 1 is 1.22 bits per heavy atom. The number of hydrogen-bond donors (Lipinski definition) is 1. The Hall–Kier alpha value is -2.89. The number of hydrogen-bond acceptors (Lipinski definition) is 3. The summed E-state index contributed by atoms with van der Waals surface area (Å²) in [5.74, 6) is -0.787. The van der Waals surface area contributed by atoms with E-state index in [4.69, 9.17) is 9.84 Å². The molecule has 0 bridgehead atoms. The van der Waals surface area contributed by atoms with Crippen LogP contribution in [0.4, 0.5) is 4.79 Å². The molecule has 1 fully saturated rings. The normalized spacial score (nSPS) is 18.0. The molecule has 0 radical (unpaired) electrons. The summed E-state index contributed by atoms with van der Waals surface area (Å²) < 4.78 is 7.03.